The van der Waals surface area contributed by atoms with E-state index >= 15 is 0 Å². The van der Waals surface area contributed by atoms with Crippen LogP contribution in [0, 0.1) is 0 Å². The van der Waals surface area contributed by atoms with E-state index in [9.17, 15) is 9.90 Å². The molecule has 5 heteroatoms. The molecule has 0 atom stereocenters. The third-order valence-corrected chi connectivity index (χ3v) is 3.08. The van der Waals surface area contributed by atoms with Crippen molar-refractivity contribution in [3.05, 3.63) is 63.6 Å². The molecule has 19 heavy (non-hydrogen) atoms. The summed E-state index contributed by atoms with van der Waals surface area (Å²) in [6.07, 6.45) is 0. The molecule has 98 valence electrons. The molecule has 0 bridgehead atoms. The Balaban J connectivity index is 2.13. The highest BCUT2D eigenvalue weighted by Gasteiger charge is 2.14. The molecule has 0 heterocycles. The van der Waals surface area contributed by atoms with Crippen LogP contribution in [-0.2, 0) is 6.54 Å². The van der Waals surface area contributed by atoms with Gasteiger partial charge < -0.3 is 10.4 Å². The minimum absolute atomic E-state index is 0.0531. The Labute approximate surface area is 120 Å². The lowest BCUT2D eigenvalue weighted by Gasteiger charge is -2.08. The maximum Gasteiger partial charge on any atom is 0.255 e. The number of hydrogen-bond acceptors (Lipinski definition) is 2. The highest BCUT2D eigenvalue weighted by molar-refractivity contribution is 6.36. The summed E-state index contributed by atoms with van der Waals surface area (Å²) in [6, 6.07) is 12.2. The van der Waals surface area contributed by atoms with Crippen molar-refractivity contribution in [2.75, 3.05) is 0 Å². The summed E-state index contributed by atoms with van der Waals surface area (Å²) in [5.74, 6) is -0.692. The first kappa shape index (κ1) is 13.7. The molecule has 3 nitrogen and oxygen atoms in total. The van der Waals surface area contributed by atoms with Gasteiger partial charge in [-0.15, -0.1) is 0 Å². The molecule has 0 unspecified atom stereocenters. The molecule has 0 aliphatic heterocycles. The van der Waals surface area contributed by atoms with Gasteiger partial charge in [-0.25, -0.2) is 0 Å². The summed E-state index contributed by atoms with van der Waals surface area (Å²) in [4.78, 5) is 12.0. The van der Waals surface area contributed by atoms with Crippen LogP contribution in [0.15, 0.2) is 42.5 Å². The highest BCUT2D eigenvalue weighted by Crippen LogP contribution is 2.31. The topological polar surface area (TPSA) is 49.3 Å². The molecule has 0 spiro atoms. The van der Waals surface area contributed by atoms with Crippen molar-refractivity contribution >= 4 is 29.1 Å². The Kier molecular flexibility index (Phi) is 4.30. The second-order valence-corrected chi connectivity index (χ2v) is 4.80. The van der Waals surface area contributed by atoms with E-state index < -0.39 is 5.91 Å². The van der Waals surface area contributed by atoms with Gasteiger partial charge in [-0.05, 0) is 17.7 Å². The third kappa shape index (κ3) is 3.40. The fourth-order valence-corrected chi connectivity index (χ4v) is 2.11. The Morgan fingerprint density at radius 1 is 1.16 bits per heavy atom. The van der Waals surface area contributed by atoms with Crippen LogP contribution in [0.4, 0.5) is 0 Å². The van der Waals surface area contributed by atoms with Crippen molar-refractivity contribution in [3.8, 4) is 5.75 Å². The molecule has 2 N–H and O–H groups in total. The van der Waals surface area contributed by atoms with E-state index in [1.165, 1.54) is 12.1 Å². The molecular formula is C14H11Cl2NO2. The van der Waals surface area contributed by atoms with Crippen molar-refractivity contribution in [2.24, 2.45) is 0 Å². The van der Waals surface area contributed by atoms with Gasteiger partial charge in [0.05, 0.1) is 10.6 Å². The fourth-order valence-electron chi connectivity index (χ4n) is 1.61. The van der Waals surface area contributed by atoms with Crippen molar-refractivity contribution in [1.29, 1.82) is 0 Å². The number of phenolic OH excluding ortho intramolecular Hbond substituents is 1. The predicted octanol–water partition coefficient (Wildman–Crippen LogP) is 3.63. The first-order valence-corrected chi connectivity index (χ1v) is 6.33. The lowest BCUT2D eigenvalue weighted by Crippen LogP contribution is -2.22. The van der Waals surface area contributed by atoms with E-state index in [2.05, 4.69) is 5.32 Å². The van der Waals surface area contributed by atoms with Crippen LogP contribution in [0.5, 0.6) is 5.75 Å². The Morgan fingerprint density at radius 2 is 1.84 bits per heavy atom. The number of carbonyl (C=O) groups excluding carboxylic acids is 1. The zero-order valence-electron chi connectivity index (χ0n) is 9.86. The number of nitrogens with one attached hydrogen (secondary N) is 1. The first-order valence-electron chi connectivity index (χ1n) is 5.58. The normalized spacial score (nSPS) is 10.2. The van der Waals surface area contributed by atoms with Crippen molar-refractivity contribution in [3.63, 3.8) is 0 Å². The van der Waals surface area contributed by atoms with E-state index in [4.69, 9.17) is 23.2 Å². The third-order valence-electron chi connectivity index (χ3n) is 2.57. The summed E-state index contributed by atoms with van der Waals surface area (Å²) < 4.78 is 0. The minimum atomic E-state index is -0.425. The van der Waals surface area contributed by atoms with Gasteiger partial charge in [0.2, 0.25) is 0 Å². The molecule has 0 fully saturated rings. The van der Waals surface area contributed by atoms with Crippen LogP contribution in [0.25, 0.3) is 0 Å². The van der Waals surface area contributed by atoms with Gasteiger partial charge >= 0.3 is 0 Å². The molecule has 0 radical (unpaired) electrons. The number of aromatic hydroxyl groups is 1. The summed E-state index contributed by atoms with van der Waals surface area (Å²) in [6.45, 7) is 0.364. The van der Waals surface area contributed by atoms with Crippen LogP contribution < -0.4 is 5.32 Å². The number of hydrogen-bond donors (Lipinski definition) is 2. The number of carbonyl (C=O) groups is 1. The second kappa shape index (κ2) is 5.95. The summed E-state index contributed by atoms with van der Waals surface area (Å²) in [7, 11) is 0. The maximum absolute atomic E-state index is 12.0. The van der Waals surface area contributed by atoms with Gasteiger partial charge in [0.1, 0.15) is 5.75 Å². The highest BCUT2D eigenvalue weighted by atomic mass is 35.5. The molecule has 2 aromatic carbocycles. The lowest BCUT2D eigenvalue weighted by molar-refractivity contribution is 0.0948. The lowest BCUT2D eigenvalue weighted by atomic mass is 10.1. The first-order chi connectivity index (χ1) is 9.08. The minimum Gasteiger partial charge on any atom is -0.506 e. The predicted molar refractivity (Wildman–Crippen MR) is 75.7 cm³/mol. The maximum atomic E-state index is 12.0. The summed E-state index contributed by atoms with van der Waals surface area (Å²) in [5.41, 5.74) is 1.02. The van der Waals surface area contributed by atoms with Gasteiger partial charge in [0, 0.05) is 11.6 Å². The Morgan fingerprint density at radius 3 is 2.53 bits per heavy atom. The van der Waals surface area contributed by atoms with Crippen LogP contribution >= 0.6 is 23.2 Å². The van der Waals surface area contributed by atoms with Crippen molar-refractivity contribution in [1.82, 2.24) is 5.32 Å². The molecule has 0 saturated carbocycles. The van der Waals surface area contributed by atoms with E-state index in [1.807, 2.05) is 30.3 Å². The molecule has 2 rings (SSSR count). The number of benzene rings is 2. The molecule has 0 aliphatic carbocycles. The monoisotopic (exact) mass is 295 g/mol. The number of halogens is 2. The smallest absolute Gasteiger partial charge is 0.255 e. The van der Waals surface area contributed by atoms with E-state index in [1.54, 1.807) is 0 Å². The largest absolute Gasteiger partial charge is 0.506 e. The van der Waals surface area contributed by atoms with Crippen LogP contribution in [-0.4, -0.2) is 11.0 Å². The Hall–Kier alpha value is -1.71. The zero-order valence-corrected chi connectivity index (χ0v) is 11.4. The molecule has 1 amide bonds. The summed E-state index contributed by atoms with van der Waals surface area (Å²) in [5, 5.41) is 12.8. The van der Waals surface area contributed by atoms with Gasteiger partial charge in [0.25, 0.3) is 5.91 Å². The fraction of sp³-hybridized carbons (Fsp3) is 0.0714. The standard InChI is InChI=1S/C14H11Cl2NO2/c15-10-6-11(13(18)12(16)7-10)14(19)17-8-9-4-2-1-3-5-9/h1-7,18H,8H2,(H,17,19). The van der Waals surface area contributed by atoms with E-state index in [-0.39, 0.29) is 16.3 Å². The molecular weight excluding hydrogens is 285 g/mol. The average Bonchev–Trinajstić information content (AvgIpc) is 2.41. The SMILES string of the molecule is O=C(NCc1ccccc1)c1cc(Cl)cc(Cl)c1O. The van der Waals surface area contributed by atoms with Gasteiger partial charge in [-0.2, -0.15) is 0 Å². The van der Waals surface area contributed by atoms with Gasteiger partial charge in [0.15, 0.2) is 0 Å². The quantitative estimate of drug-likeness (QED) is 0.908. The van der Waals surface area contributed by atoms with Crippen LogP contribution in [0.3, 0.4) is 0 Å². The molecule has 0 saturated heterocycles. The molecule has 2 aromatic rings. The van der Waals surface area contributed by atoms with E-state index in [0.717, 1.165) is 5.56 Å². The summed E-state index contributed by atoms with van der Waals surface area (Å²) >= 11 is 11.6. The van der Waals surface area contributed by atoms with Crippen LogP contribution in [0.1, 0.15) is 15.9 Å². The second-order valence-electron chi connectivity index (χ2n) is 3.95. The number of amides is 1. The van der Waals surface area contributed by atoms with Crippen molar-refractivity contribution in [2.45, 2.75) is 6.54 Å². The number of phenols is 1. The molecule has 0 aromatic heterocycles. The zero-order chi connectivity index (χ0) is 13.8. The van der Waals surface area contributed by atoms with Gasteiger partial charge in [-0.3, -0.25) is 4.79 Å². The molecule has 0 aliphatic rings. The van der Waals surface area contributed by atoms with E-state index in [0.29, 0.717) is 11.6 Å². The number of rotatable bonds is 3. The Bertz CT molecular complexity index is 600. The van der Waals surface area contributed by atoms with Gasteiger partial charge in [-0.1, -0.05) is 53.5 Å². The van der Waals surface area contributed by atoms with Crippen molar-refractivity contribution < 1.29 is 9.90 Å². The van der Waals surface area contributed by atoms with Crippen LogP contribution in [0.2, 0.25) is 10.0 Å². The average molecular weight is 296 g/mol.